The van der Waals surface area contributed by atoms with Gasteiger partial charge in [-0.15, -0.1) is 0 Å². The van der Waals surface area contributed by atoms with Crippen molar-refractivity contribution in [2.24, 2.45) is 0 Å². The highest BCUT2D eigenvalue weighted by Gasteiger charge is 2.11. The van der Waals surface area contributed by atoms with E-state index in [-0.39, 0.29) is 12.3 Å². The van der Waals surface area contributed by atoms with Gasteiger partial charge < -0.3 is 9.84 Å². The van der Waals surface area contributed by atoms with Gasteiger partial charge >= 0.3 is 0 Å². The van der Waals surface area contributed by atoms with Gasteiger partial charge in [0.25, 0.3) is 5.69 Å². The van der Waals surface area contributed by atoms with Gasteiger partial charge in [-0.25, -0.2) is 0 Å². The van der Waals surface area contributed by atoms with Crippen LogP contribution in [0.2, 0.25) is 0 Å². The highest BCUT2D eigenvalue weighted by atomic mass is 79.9. The lowest BCUT2D eigenvalue weighted by Gasteiger charge is -2.10. The highest BCUT2D eigenvalue weighted by Crippen LogP contribution is 2.33. The number of rotatable bonds is 4. The van der Waals surface area contributed by atoms with Crippen LogP contribution >= 0.6 is 15.9 Å². The molecule has 0 amide bonds. The number of aliphatic hydroxyl groups excluding tert-OH is 1. The van der Waals surface area contributed by atoms with Gasteiger partial charge in [-0.1, -0.05) is 6.07 Å². The topological polar surface area (TPSA) is 72.6 Å². The minimum atomic E-state index is -0.442. The largest absolute Gasteiger partial charge is 0.456 e. The van der Waals surface area contributed by atoms with Gasteiger partial charge in [-0.2, -0.15) is 0 Å². The Balaban J connectivity index is 2.28. The van der Waals surface area contributed by atoms with Crippen LogP contribution in [0.3, 0.4) is 0 Å². The van der Waals surface area contributed by atoms with Crippen LogP contribution in [0.1, 0.15) is 11.1 Å². The van der Waals surface area contributed by atoms with Gasteiger partial charge in [0.1, 0.15) is 11.5 Å². The summed E-state index contributed by atoms with van der Waals surface area (Å²) in [4.78, 5) is 10.2. The number of hydrogen-bond acceptors (Lipinski definition) is 4. The lowest BCUT2D eigenvalue weighted by Crippen LogP contribution is -1.93. The van der Waals surface area contributed by atoms with Crippen molar-refractivity contribution in [2.75, 3.05) is 0 Å². The molecule has 104 valence electrons. The van der Waals surface area contributed by atoms with E-state index < -0.39 is 4.92 Å². The molecule has 0 saturated heterocycles. The van der Waals surface area contributed by atoms with Gasteiger partial charge in [0, 0.05) is 12.1 Å². The number of nitro benzene ring substituents is 1. The first-order valence-corrected chi connectivity index (χ1v) is 6.62. The van der Waals surface area contributed by atoms with E-state index in [0.29, 0.717) is 21.5 Å². The monoisotopic (exact) mass is 337 g/mol. The van der Waals surface area contributed by atoms with Crippen molar-refractivity contribution < 1.29 is 14.8 Å². The van der Waals surface area contributed by atoms with Crippen LogP contribution in [0.25, 0.3) is 0 Å². The van der Waals surface area contributed by atoms with E-state index in [1.807, 2.05) is 0 Å². The molecule has 1 N–H and O–H groups in total. The van der Waals surface area contributed by atoms with Crippen molar-refractivity contribution in [1.29, 1.82) is 0 Å². The zero-order valence-corrected chi connectivity index (χ0v) is 12.3. The molecule has 2 aromatic carbocycles. The molecule has 2 rings (SSSR count). The van der Waals surface area contributed by atoms with Crippen molar-refractivity contribution in [3.8, 4) is 11.5 Å². The number of nitrogens with zero attached hydrogens (tertiary/aromatic N) is 1. The van der Waals surface area contributed by atoms with E-state index in [4.69, 9.17) is 9.84 Å². The average Bonchev–Trinajstić information content (AvgIpc) is 2.42. The van der Waals surface area contributed by atoms with Crippen LogP contribution in [0.4, 0.5) is 5.69 Å². The van der Waals surface area contributed by atoms with Gasteiger partial charge in [-0.3, -0.25) is 10.1 Å². The smallest absolute Gasteiger partial charge is 0.269 e. The molecule has 20 heavy (non-hydrogen) atoms. The Morgan fingerprint density at radius 2 is 1.95 bits per heavy atom. The maximum absolute atomic E-state index is 10.7. The summed E-state index contributed by atoms with van der Waals surface area (Å²) in [6.45, 7) is 1.70. The molecule has 0 aliphatic carbocycles. The summed E-state index contributed by atoms with van der Waals surface area (Å²) in [5.74, 6) is 1.13. The first-order chi connectivity index (χ1) is 9.51. The Morgan fingerprint density at radius 1 is 1.25 bits per heavy atom. The zero-order chi connectivity index (χ0) is 14.7. The summed E-state index contributed by atoms with van der Waals surface area (Å²) in [5, 5.41) is 19.7. The lowest BCUT2D eigenvalue weighted by molar-refractivity contribution is -0.384. The number of hydrogen-bond donors (Lipinski definition) is 1. The van der Waals surface area contributed by atoms with E-state index in [2.05, 4.69) is 15.9 Å². The van der Waals surface area contributed by atoms with Crippen molar-refractivity contribution >= 4 is 21.6 Å². The van der Waals surface area contributed by atoms with Gasteiger partial charge in [0.2, 0.25) is 0 Å². The summed E-state index contributed by atoms with van der Waals surface area (Å²) in [7, 11) is 0. The highest BCUT2D eigenvalue weighted by molar-refractivity contribution is 9.10. The number of benzene rings is 2. The second-order valence-corrected chi connectivity index (χ2v) is 5.09. The van der Waals surface area contributed by atoms with Gasteiger partial charge in [0.15, 0.2) is 0 Å². The third kappa shape index (κ3) is 3.15. The molecule has 0 atom stereocenters. The molecule has 0 heterocycles. The van der Waals surface area contributed by atoms with Crippen molar-refractivity contribution in [3.05, 3.63) is 62.1 Å². The zero-order valence-electron chi connectivity index (χ0n) is 10.7. The molecule has 0 radical (unpaired) electrons. The SMILES string of the molecule is Cc1cc([N+](=O)[O-])ccc1Oc1ccc(CO)cc1Br. The summed E-state index contributed by atoms with van der Waals surface area (Å²) < 4.78 is 6.43. The molecule has 0 fully saturated rings. The molecule has 0 aliphatic rings. The predicted octanol–water partition coefficient (Wildman–Crippen LogP) is 3.95. The van der Waals surface area contributed by atoms with Crippen LogP contribution in [-0.2, 0) is 6.61 Å². The standard InChI is InChI=1S/C14H12BrNO4/c1-9-6-11(16(18)19)3-5-13(9)20-14-4-2-10(8-17)7-12(14)15/h2-7,17H,8H2,1H3. The summed E-state index contributed by atoms with van der Waals surface area (Å²) in [6, 6.07) is 9.68. The van der Waals surface area contributed by atoms with E-state index in [1.54, 1.807) is 31.2 Å². The fourth-order valence-electron chi connectivity index (χ4n) is 1.71. The molecule has 0 bridgehead atoms. The Labute approximate surface area is 124 Å². The molecular weight excluding hydrogens is 326 g/mol. The Morgan fingerprint density at radius 3 is 2.50 bits per heavy atom. The maximum atomic E-state index is 10.7. The normalized spacial score (nSPS) is 10.3. The van der Waals surface area contributed by atoms with Crippen molar-refractivity contribution in [3.63, 3.8) is 0 Å². The molecule has 0 spiro atoms. The van der Waals surface area contributed by atoms with E-state index >= 15 is 0 Å². The Hall–Kier alpha value is -1.92. The number of aryl methyl sites for hydroxylation is 1. The number of halogens is 1. The quantitative estimate of drug-likeness (QED) is 0.677. The molecule has 2 aromatic rings. The molecule has 0 aromatic heterocycles. The molecule has 0 aliphatic heterocycles. The van der Waals surface area contributed by atoms with Crippen LogP contribution in [0, 0.1) is 17.0 Å². The van der Waals surface area contributed by atoms with Crippen LogP contribution in [0.5, 0.6) is 11.5 Å². The number of ether oxygens (including phenoxy) is 1. The van der Waals surface area contributed by atoms with Crippen molar-refractivity contribution in [2.45, 2.75) is 13.5 Å². The molecule has 5 nitrogen and oxygen atoms in total. The molecule has 6 heteroatoms. The lowest BCUT2D eigenvalue weighted by atomic mass is 10.2. The number of aliphatic hydroxyl groups is 1. The molecular formula is C14H12BrNO4. The van der Waals surface area contributed by atoms with Gasteiger partial charge in [-0.05, 0) is 52.2 Å². The first kappa shape index (κ1) is 14.5. The summed E-state index contributed by atoms with van der Waals surface area (Å²) >= 11 is 3.36. The van der Waals surface area contributed by atoms with Crippen LogP contribution in [0.15, 0.2) is 40.9 Å². The maximum Gasteiger partial charge on any atom is 0.269 e. The summed E-state index contributed by atoms with van der Waals surface area (Å²) in [6.07, 6.45) is 0. The molecule has 0 unspecified atom stereocenters. The second kappa shape index (κ2) is 6.02. The van der Waals surface area contributed by atoms with Gasteiger partial charge in [0.05, 0.1) is 16.0 Å². The third-order valence-corrected chi connectivity index (χ3v) is 3.39. The fourth-order valence-corrected chi connectivity index (χ4v) is 2.21. The first-order valence-electron chi connectivity index (χ1n) is 5.83. The van der Waals surface area contributed by atoms with Crippen LogP contribution < -0.4 is 4.74 Å². The Bertz CT molecular complexity index is 658. The average molecular weight is 338 g/mol. The van der Waals surface area contributed by atoms with E-state index in [9.17, 15) is 10.1 Å². The third-order valence-electron chi connectivity index (χ3n) is 2.77. The van der Waals surface area contributed by atoms with E-state index in [0.717, 1.165) is 5.56 Å². The minimum absolute atomic E-state index is 0.0320. The number of non-ortho nitro benzene ring substituents is 1. The fraction of sp³-hybridized carbons (Fsp3) is 0.143. The Kier molecular flexibility index (Phi) is 4.36. The number of nitro groups is 1. The predicted molar refractivity (Wildman–Crippen MR) is 78.0 cm³/mol. The second-order valence-electron chi connectivity index (χ2n) is 4.23. The van der Waals surface area contributed by atoms with Crippen LogP contribution in [-0.4, -0.2) is 10.0 Å². The van der Waals surface area contributed by atoms with E-state index in [1.165, 1.54) is 12.1 Å². The summed E-state index contributed by atoms with van der Waals surface area (Å²) in [5.41, 5.74) is 1.48. The van der Waals surface area contributed by atoms with Crippen molar-refractivity contribution in [1.82, 2.24) is 0 Å². The minimum Gasteiger partial charge on any atom is -0.456 e. The molecule has 0 saturated carbocycles.